The average molecular weight is 281 g/mol. The molecule has 110 valence electrons. The Labute approximate surface area is 117 Å². The van der Waals surface area contributed by atoms with Crippen molar-refractivity contribution in [2.45, 2.75) is 18.9 Å². The normalized spacial score (nSPS) is 15.7. The second kappa shape index (κ2) is 6.42. The molecule has 0 saturated carbocycles. The second-order valence-corrected chi connectivity index (χ2v) is 4.65. The SMILES string of the molecule is COc1cc(NC2CCNCC2)c([N+](=O)[O-])cc1OC. The van der Waals surface area contributed by atoms with Crippen LogP contribution in [0, 0.1) is 10.1 Å². The Morgan fingerprint density at radius 1 is 1.25 bits per heavy atom. The van der Waals surface area contributed by atoms with E-state index in [9.17, 15) is 10.1 Å². The molecule has 0 aromatic heterocycles. The van der Waals surface area contributed by atoms with E-state index in [1.807, 2.05) is 0 Å². The van der Waals surface area contributed by atoms with E-state index in [-0.39, 0.29) is 11.7 Å². The quantitative estimate of drug-likeness (QED) is 0.632. The number of piperidine rings is 1. The fraction of sp³-hybridized carbons (Fsp3) is 0.538. The first-order valence-electron chi connectivity index (χ1n) is 6.53. The van der Waals surface area contributed by atoms with Crippen molar-refractivity contribution in [1.82, 2.24) is 5.32 Å². The number of nitrogens with zero attached hydrogens (tertiary/aromatic N) is 1. The van der Waals surface area contributed by atoms with Crippen LogP contribution in [0.15, 0.2) is 12.1 Å². The van der Waals surface area contributed by atoms with Gasteiger partial charge in [-0.3, -0.25) is 10.1 Å². The lowest BCUT2D eigenvalue weighted by atomic mass is 10.1. The molecule has 0 amide bonds. The van der Waals surface area contributed by atoms with Crippen molar-refractivity contribution in [3.8, 4) is 11.5 Å². The predicted octanol–water partition coefficient (Wildman–Crippen LogP) is 1.78. The highest BCUT2D eigenvalue weighted by Gasteiger charge is 2.22. The maximum absolute atomic E-state index is 11.2. The van der Waals surface area contributed by atoms with E-state index in [1.165, 1.54) is 20.3 Å². The summed E-state index contributed by atoms with van der Waals surface area (Å²) < 4.78 is 10.3. The minimum Gasteiger partial charge on any atom is -0.493 e. The summed E-state index contributed by atoms with van der Waals surface area (Å²) in [5.41, 5.74) is 0.473. The van der Waals surface area contributed by atoms with Gasteiger partial charge in [-0.1, -0.05) is 0 Å². The van der Waals surface area contributed by atoms with Crippen molar-refractivity contribution in [3.05, 3.63) is 22.2 Å². The lowest BCUT2D eigenvalue weighted by Gasteiger charge is -2.24. The van der Waals surface area contributed by atoms with E-state index in [0.717, 1.165) is 25.9 Å². The van der Waals surface area contributed by atoms with E-state index in [4.69, 9.17) is 9.47 Å². The zero-order chi connectivity index (χ0) is 14.5. The zero-order valence-electron chi connectivity index (χ0n) is 11.6. The molecule has 0 spiro atoms. The number of nitrogens with one attached hydrogen (secondary N) is 2. The summed E-state index contributed by atoms with van der Waals surface area (Å²) in [6.07, 6.45) is 1.87. The molecule has 7 heteroatoms. The summed E-state index contributed by atoms with van der Waals surface area (Å²) in [5.74, 6) is 0.838. The van der Waals surface area contributed by atoms with Crippen LogP contribution < -0.4 is 20.1 Å². The molecule has 1 aliphatic heterocycles. The number of nitro benzene ring substituents is 1. The molecule has 2 N–H and O–H groups in total. The molecule has 1 aliphatic rings. The van der Waals surface area contributed by atoms with E-state index < -0.39 is 4.92 Å². The van der Waals surface area contributed by atoms with Gasteiger partial charge in [0.05, 0.1) is 25.2 Å². The van der Waals surface area contributed by atoms with Gasteiger partial charge in [-0.15, -0.1) is 0 Å². The molecule has 2 rings (SSSR count). The minimum absolute atomic E-state index is 0.00110. The zero-order valence-corrected chi connectivity index (χ0v) is 11.6. The number of ether oxygens (including phenoxy) is 2. The first-order valence-corrected chi connectivity index (χ1v) is 6.53. The van der Waals surface area contributed by atoms with E-state index in [0.29, 0.717) is 17.2 Å². The molecular formula is C13H19N3O4. The van der Waals surface area contributed by atoms with Crippen molar-refractivity contribution in [3.63, 3.8) is 0 Å². The maximum Gasteiger partial charge on any atom is 0.296 e. The molecule has 0 bridgehead atoms. The van der Waals surface area contributed by atoms with Crippen LogP contribution >= 0.6 is 0 Å². The van der Waals surface area contributed by atoms with Crippen LogP contribution in [0.25, 0.3) is 0 Å². The Morgan fingerprint density at radius 3 is 2.40 bits per heavy atom. The van der Waals surface area contributed by atoms with Crippen LogP contribution in [0.3, 0.4) is 0 Å². The lowest BCUT2D eigenvalue weighted by molar-refractivity contribution is -0.384. The standard InChI is InChI=1S/C13H19N3O4/c1-19-12-7-10(15-9-3-5-14-6-4-9)11(16(17)18)8-13(12)20-2/h7-9,14-15H,3-6H2,1-2H3. The highest BCUT2D eigenvalue weighted by molar-refractivity contribution is 5.68. The first kappa shape index (κ1) is 14.4. The lowest BCUT2D eigenvalue weighted by Crippen LogP contribution is -2.35. The molecule has 0 unspecified atom stereocenters. The number of hydrogen-bond acceptors (Lipinski definition) is 6. The Balaban J connectivity index is 2.30. The van der Waals surface area contributed by atoms with Gasteiger partial charge >= 0.3 is 0 Å². The van der Waals surface area contributed by atoms with E-state index in [1.54, 1.807) is 6.07 Å². The highest BCUT2D eigenvalue weighted by Crippen LogP contribution is 2.38. The molecule has 7 nitrogen and oxygen atoms in total. The summed E-state index contributed by atoms with van der Waals surface area (Å²) in [4.78, 5) is 10.8. The molecular weight excluding hydrogens is 262 g/mol. The Bertz CT molecular complexity index is 487. The van der Waals surface area contributed by atoms with Crippen LogP contribution in [0.5, 0.6) is 11.5 Å². The maximum atomic E-state index is 11.2. The first-order chi connectivity index (χ1) is 9.65. The molecule has 1 fully saturated rings. The fourth-order valence-corrected chi connectivity index (χ4v) is 2.32. The Kier molecular flexibility index (Phi) is 4.62. The third kappa shape index (κ3) is 3.11. The monoisotopic (exact) mass is 281 g/mol. The van der Waals surface area contributed by atoms with Gasteiger partial charge in [0.25, 0.3) is 5.69 Å². The molecule has 1 heterocycles. The Hall–Kier alpha value is -2.02. The van der Waals surface area contributed by atoms with E-state index in [2.05, 4.69) is 10.6 Å². The van der Waals surface area contributed by atoms with Gasteiger partial charge in [0.15, 0.2) is 11.5 Å². The topological polar surface area (TPSA) is 85.7 Å². The molecule has 1 aromatic rings. The van der Waals surface area contributed by atoms with Crippen LogP contribution in [0.1, 0.15) is 12.8 Å². The van der Waals surface area contributed by atoms with Crippen molar-refractivity contribution in [2.75, 3.05) is 32.6 Å². The summed E-state index contributed by atoms with van der Waals surface area (Å²) in [5, 5.41) is 17.7. The van der Waals surface area contributed by atoms with Crippen molar-refractivity contribution < 1.29 is 14.4 Å². The number of benzene rings is 1. The van der Waals surface area contributed by atoms with Gasteiger partial charge in [-0.2, -0.15) is 0 Å². The van der Waals surface area contributed by atoms with Gasteiger partial charge in [0, 0.05) is 12.1 Å². The molecule has 20 heavy (non-hydrogen) atoms. The van der Waals surface area contributed by atoms with Crippen LogP contribution in [0.4, 0.5) is 11.4 Å². The fourth-order valence-electron chi connectivity index (χ4n) is 2.32. The second-order valence-electron chi connectivity index (χ2n) is 4.65. The molecule has 1 aromatic carbocycles. The predicted molar refractivity (Wildman–Crippen MR) is 75.7 cm³/mol. The Morgan fingerprint density at radius 2 is 1.85 bits per heavy atom. The third-order valence-electron chi connectivity index (χ3n) is 3.40. The highest BCUT2D eigenvalue weighted by atomic mass is 16.6. The smallest absolute Gasteiger partial charge is 0.296 e. The molecule has 0 aliphatic carbocycles. The van der Waals surface area contributed by atoms with Gasteiger partial charge < -0.3 is 20.1 Å². The third-order valence-corrected chi connectivity index (χ3v) is 3.40. The minimum atomic E-state index is -0.411. The van der Waals surface area contributed by atoms with Gasteiger partial charge in [0.1, 0.15) is 5.69 Å². The van der Waals surface area contributed by atoms with Crippen LogP contribution in [-0.2, 0) is 0 Å². The summed E-state index contributed by atoms with van der Waals surface area (Å²) in [6, 6.07) is 3.24. The summed E-state index contributed by atoms with van der Waals surface area (Å²) in [6.45, 7) is 1.83. The summed E-state index contributed by atoms with van der Waals surface area (Å²) in [7, 11) is 2.97. The number of rotatable bonds is 5. The molecule has 0 atom stereocenters. The average Bonchev–Trinajstić information content (AvgIpc) is 2.47. The summed E-state index contributed by atoms with van der Waals surface area (Å²) >= 11 is 0. The molecule has 0 radical (unpaired) electrons. The number of anilines is 1. The van der Waals surface area contributed by atoms with Crippen molar-refractivity contribution >= 4 is 11.4 Å². The van der Waals surface area contributed by atoms with E-state index >= 15 is 0 Å². The van der Waals surface area contributed by atoms with Crippen molar-refractivity contribution in [2.24, 2.45) is 0 Å². The number of methoxy groups -OCH3 is 2. The van der Waals surface area contributed by atoms with Crippen LogP contribution in [-0.4, -0.2) is 38.3 Å². The van der Waals surface area contributed by atoms with Crippen molar-refractivity contribution in [1.29, 1.82) is 0 Å². The van der Waals surface area contributed by atoms with Crippen LogP contribution in [0.2, 0.25) is 0 Å². The number of nitro groups is 1. The van der Waals surface area contributed by atoms with Gasteiger partial charge in [-0.05, 0) is 25.9 Å². The van der Waals surface area contributed by atoms with Gasteiger partial charge in [0.2, 0.25) is 0 Å². The van der Waals surface area contributed by atoms with Gasteiger partial charge in [-0.25, -0.2) is 0 Å². The molecule has 1 saturated heterocycles. The number of hydrogen-bond donors (Lipinski definition) is 2. The largest absolute Gasteiger partial charge is 0.493 e.